The van der Waals surface area contributed by atoms with E-state index < -0.39 is 0 Å². The number of hydrogen-bond acceptors (Lipinski definition) is 4. The van der Waals surface area contributed by atoms with E-state index >= 15 is 0 Å². The van der Waals surface area contributed by atoms with Crippen molar-refractivity contribution in [1.29, 1.82) is 0 Å². The molecule has 2 saturated heterocycles. The molecule has 1 aromatic rings. The van der Waals surface area contributed by atoms with Crippen LogP contribution in [0.2, 0.25) is 0 Å². The molecule has 1 aromatic heterocycles. The summed E-state index contributed by atoms with van der Waals surface area (Å²) in [5.41, 5.74) is 1.26. The third kappa shape index (κ3) is 3.63. The Hall–Kier alpha value is -1.40. The number of carbonyl (C=O) groups excluding carboxylic acids is 1. The van der Waals surface area contributed by atoms with Gasteiger partial charge in [-0.2, -0.15) is 0 Å². The summed E-state index contributed by atoms with van der Waals surface area (Å²) in [5.74, 6) is 0.749. The zero-order valence-corrected chi connectivity index (χ0v) is 12.5. The minimum Gasteiger partial charge on any atom is -0.378 e. The van der Waals surface area contributed by atoms with Gasteiger partial charge >= 0.3 is 0 Å². The highest BCUT2D eigenvalue weighted by Gasteiger charge is 2.20. The second-order valence-electron chi connectivity index (χ2n) is 5.80. The van der Waals surface area contributed by atoms with E-state index in [9.17, 15) is 4.79 Å². The van der Waals surface area contributed by atoms with Gasteiger partial charge in [0.05, 0.1) is 19.5 Å². The maximum atomic E-state index is 12.2. The molecule has 1 unspecified atom stereocenters. The molecule has 0 spiro atoms. The van der Waals surface area contributed by atoms with Crippen molar-refractivity contribution in [2.75, 3.05) is 39.4 Å². The van der Waals surface area contributed by atoms with E-state index in [0.29, 0.717) is 25.6 Å². The molecule has 1 atom stereocenters. The van der Waals surface area contributed by atoms with Crippen molar-refractivity contribution in [1.82, 2.24) is 19.8 Å². The molecule has 2 aliphatic heterocycles. The van der Waals surface area contributed by atoms with Gasteiger partial charge in [-0.3, -0.25) is 4.79 Å². The Kier molecular flexibility index (Phi) is 4.87. The molecule has 0 saturated carbocycles. The maximum absolute atomic E-state index is 12.2. The molecular formula is C15H24N4O2. The molecule has 6 nitrogen and oxygen atoms in total. The van der Waals surface area contributed by atoms with Crippen molar-refractivity contribution < 1.29 is 9.53 Å². The molecule has 116 valence electrons. The quantitative estimate of drug-likeness (QED) is 0.883. The molecule has 1 amide bonds. The van der Waals surface area contributed by atoms with E-state index in [1.807, 2.05) is 17.4 Å². The number of aryl methyl sites for hydroxylation is 1. The number of rotatable bonds is 4. The number of nitrogens with zero attached hydrogens (tertiary/aromatic N) is 3. The van der Waals surface area contributed by atoms with Crippen molar-refractivity contribution in [3.8, 4) is 0 Å². The normalized spacial score (nSPS) is 23.2. The highest BCUT2D eigenvalue weighted by molar-refractivity contribution is 5.76. The fraction of sp³-hybridized carbons (Fsp3) is 0.733. The molecule has 1 N–H and O–H groups in total. The van der Waals surface area contributed by atoms with Crippen molar-refractivity contribution in [2.45, 2.75) is 31.7 Å². The number of nitrogens with one attached hydrogen (secondary N) is 1. The standard InChI is InChI=1S/C15H24N4O2/c20-15(18-6-8-21-9-7-18)3-5-19-12-17-11-14(19)13-2-1-4-16-10-13/h11-13,16H,1-10H2. The van der Waals surface area contributed by atoms with Gasteiger partial charge in [0.1, 0.15) is 0 Å². The summed E-state index contributed by atoms with van der Waals surface area (Å²) in [7, 11) is 0. The fourth-order valence-corrected chi connectivity index (χ4v) is 3.15. The van der Waals surface area contributed by atoms with Gasteiger partial charge < -0.3 is 19.5 Å². The van der Waals surface area contributed by atoms with Crippen LogP contribution in [0.15, 0.2) is 12.5 Å². The summed E-state index contributed by atoms with van der Waals surface area (Å²) in [4.78, 5) is 18.4. The van der Waals surface area contributed by atoms with Crippen LogP contribution in [0.4, 0.5) is 0 Å². The number of aromatic nitrogens is 2. The van der Waals surface area contributed by atoms with Crippen molar-refractivity contribution in [2.24, 2.45) is 0 Å². The fourth-order valence-electron chi connectivity index (χ4n) is 3.15. The molecule has 3 rings (SSSR count). The van der Waals surface area contributed by atoms with E-state index in [1.165, 1.54) is 18.5 Å². The Morgan fingerprint density at radius 1 is 1.43 bits per heavy atom. The second kappa shape index (κ2) is 7.04. The van der Waals surface area contributed by atoms with E-state index in [2.05, 4.69) is 14.9 Å². The number of imidazole rings is 1. The Morgan fingerprint density at radius 3 is 3.05 bits per heavy atom. The molecule has 2 aliphatic rings. The lowest BCUT2D eigenvalue weighted by Crippen LogP contribution is -2.41. The highest BCUT2D eigenvalue weighted by Crippen LogP contribution is 2.23. The molecule has 0 aromatic carbocycles. The van der Waals surface area contributed by atoms with Crippen LogP contribution in [0, 0.1) is 0 Å². The number of piperidine rings is 1. The first-order chi connectivity index (χ1) is 10.3. The lowest BCUT2D eigenvalue weighted by Gasteiger charge is -2.27. The summed E-state index contributed by atoms with van der Waals surface area (Å²) in [6.45, 7) is 5.63. The Balaban J connectivity index is 1.55. The molecule has 21 heavy (non-hydrogen) atoms. The van der Waals surface area contributed by atoms with Crippen molar-refractivity contribution >= 4 is 5.91 Å². The average molecular weight is 292 g/mol. The topological polar surface area (TPSA) is 59.4 Å². The zero-order valence-electron chi connectivity index (χ0n) is 12.5. The van der Waals surface area contributed by atoms with Crippen LogP contribution in [-0.4, -0.2) is 59.8 Å². The summed E-state index contributed by atoms with van der Waals surface area (Å²) in [6, 6.07) is 0. The summed E-state index contributed by atoms with van der Waals surface area (Å²) in [6.07, 6.45) is 6.77. The Morgan fingerprint density at radius 2 is 2.29 bits per heavy atom. The van der Waals surface area contributed by atoms with Gasteiger partial charge in [-0.25, -0.2) is 4.98 Å². The van der Waals surface area contributed by atoms with Crippen LogP contribution in [0.1, 0.15) is 30.9 Å². The van der Waals surface area contributed by atoms with Gasteiger partial charge in [0.2, 0.25) is 5.91 Å². The highest BCUT2D eigenvalue weighted by atomic mass is 16.5. The summed E-state index contributed by atoms with van der Waals surface area (Å²) < 4.78 is 7.43. The first kappa shape index (κ1) is 14.5. The third-order valence-electron chi connectivity index (χ3n) is 4.39. The molecule has 3 heterocycles. The van der Waals surface area contributed by atoms with Crippen LogP contribution in [-0.2, 0) is 16.1 Å². The van der Waals surface area contributed by atoms with Gasteiger partial charge in [0.25, 0.3) is 0 Å². The van der Waals surface area contributed by atoms with Crippen LogP contribution in [0.25, 0.3) is 0 Å². The van der Waals surface area contributed by atoms with Crippen LogP contribution >= 0.6 is 0 Å². The van der Waals surface area contributed by atoms with Gasteiger partial charge in [0, 0.05) is 50.4 Å². The Bertz CT molecular complexity index is 462. The van der Waals surface area contributed by atoms with E-state index in [-0.39, 0.29) is 5.91 Å². The van der Waals surface area contributed by atoms with Crippen LogP contribution in [0.3, 0.4) is 0 Å². The largest absolute Gasteiger partial charge is 0.378 e. The average Bonchev–Trinajstić information content (AvgIpc) is 3.03. The predicted molar refractivity (Wildman–Crippen MR) is 79.1 cm³/mol. The van der Waals surface area contributed by atoms with E-state index in [4.69, 9.17) is 4.74 Å². The number of ether oxygens (including phenoxy) is 1. The van der Waals surface area contributed by atoms with Gasteiger partial charge in [-0.1, -0.05) is 0 Å². The van der Waals surface area contributed by atoms with Crippen LogP contribution < -0.4 is 5.32 Å². The number of carbonyl (C=O) groups is 1. The second-order valence-corrected chi connectivity index (χ2v) is 5.80. The number of hydrogen-bond donors (Lipinski definition) is 1. The van der Waals surface area contributed by atoms with Gasteiger partial charge in [0.15, 0.2) is 0 Å². The number of morpholine rings is 1. The minimum atomic E-state index is 0.222. The lowest BCUT2D eigenvalue weighted by molar-refractivity contribution is -0.135. The molecule has 2 fully saturated rings. The molecule has 0 bridgehead atoms. The van der Waals surface area contributed by atoms with Gasteiger partial charge in [-0.05, 0) is 19.4 Å². The first-order valence-electron chi connectivity index (χ1n) is 7.91. The van der Waals surface area contributed by atoms with Crippen molar-refractivity contribution in [3.63, 3.8) is 0 Å². The predicted octanol–water partition coefficient (Wildman–Crippen LogP) is 0.599. The number of amides is 1. The first-order valence-corrected chi connectivity index (χ1v) is 7.91. The van der Waals surface area contributed by atoms with Gasteiger partial charge in [-0.15, -0.1) is 0 Å². The third-order valence-corrected chi connectivity index (χ3v) is 4.39. The van der Waals surface area contributed by atoms with E-state index in [0.717, 1.165) is 32.7 Å². The lowest BCUT2D eigenvalue weighted by atomic mass is 9.96. The smallest absolute Gasteiger partial charge is 0.224 e. The zero-order chi connectivity index (χ0) is 14.5. The monoisotopic (exact) mass is 292 g/mol. The molecule has 6 heteroatoms. The van der Waals surface area contributed by atoms with E-state index in [1.54, 1.807) is 0 Å². The molecule has 0 radical (unpaired) electrons. The summed E-state index contributed by atoms with van der Waals surface area (Å²) >= 11 is 0. The van der Waals surface area contributed by atoms with Crippen LogP contribution in [0.5, 0.6) is 0 Å². The maximum Gasteiger partial charge on any atom is 0.224 e. The minimum absolute atomic E-state index is 0.222. The Labute approximate surface area is 125 Å². The molecule has 0 aliphatic carbocycles. The molecular weight excluding hydrogens is 268 g/mol. The van der Waals surface area contributed by atoms with Crippen molar-refractivity contribution in [3.05, 3.63) is 18.2 Å². The SMILES string of the molecule is O=C(CCn1cncc1C1CCCNC1)N1CCOCC1. The summed E-state index contributed by atoms with van der Waals surface area (Å²) in [5, 5.41) is 3.44.